The molecule has 0 saturated carbocycles. The van der Waals surface area contributed by atoms with Gasteiger partial charge in [0.05, 0.1) is 0 Å². The zero-order valence-corrected chi connectivity index (χ0v) is 4.37. The molecule has 0 aromatic heterocycles. The Balaban J connectivity index is 2.32. The van der Waals surface area contributed by atoms with Gasteiger partial charge < -0.3 is 0 Å². The van der Waals surface area contributed by atoms with E-state index in [9.17, 15) is 0 Å². The molecule has 0 fully saturated rings. The van der Waals surface area contributed by atoms with Crippen LogP contribution in [0.5, 0.6) is 0 Å². The van der Waals surface area contributed by atoms with Crippen molar-refractivity contribution in [2.75, 3.05) is 0 Å². The third-order valence-corrected chi connectivity index (χ3v) is 0. The summed E-state index contributed by atoms with van der Waals surface area (Å²) in [6.45, 7) is 0. The molecule has 2 nitrogen and oxygen atoms in total. The Bertz CT molecular complexity index is 10.8. The van der Waals surface area contributed by atoms with Crippen molar-refractivity contribution in [3.05, 3.63) is 0 Å². The van der Waals surface area contributed by atoms with Crippen molar-refractivity contribution in [3.8, 4) is 0 Å². The monoisotopic (exact) mass is 139 g/mol. The standard InChI is InChI=1S/AsO2S/c2-1(3)4/q-3. The van der Waals surface area contributed by atoms with Gasteiger partial charge in [0.1, 0.15) is 0 Å². The fourth-order valence-electron chi connectivity index (χ4n) is 0. The van der Waals surface area contributed by atoms with E-state index in [1.165, 1.54) is 0 Å². The van der Waals surface area contributed by atoms with Gasteiger partial charge in [-0.15, -0.1) is 0 Å². The Labute approximate surface area is 33.8 Å². The molecule has 0 atom stereocenters. The summed E-state index contributed by atoms with van der Waals surface area (Å²) in [5.41, 5.74) is 0. The van der Waals surface area contributed by atoms with Gasteiger partial charge >= 0.3 is 33.3 Å². The van der Waals surface area contributed by atoms with Crippen LogP contribution in [0.2, 0.25) is 0 Å². The summed E-state index contributed by atoms with van der Waals surface area (Å²) in [4.78, 5) is 0. The van der Waals surface area contributed by atoms with E-state index in [-0.39, 0.29) is 0 Å². The molecule has 0 rings (SSSR count). The first-order chi connectivity index (χ1) is 1.73. The van der Waals surface area contributed by atoms with E-state index >= 15 is 0 Å². The Kier molecular flexibility index (Phi) is 2.52. The van der Waals surface area contributed by atoms with E-state index in [0.717, 1.165) is 0 Å². The summed E-state index contributed by atoms with van der Waals surface area (Å²) in [6, 6.07) is 0. The van der Waals surface area contributed by atoms with Crippen LogP contribution in [0.25, 0.3) is 0 Å². The Hall–Kier alpha value is 0.828. The topological polar surface area (TPSA) is 46.1 Å². The van der Waals surface area contributed by atoms with Gasteiger partial charge in [-0.2, -0.15) is 0 Å². The van der Waals surface area contributed by atoms with Crippen LogP contribution in [0.15, 0.2) is 0 Å². The number of hydrogen-bond acceptors (Lipinski definition) is 3. The van der Waals surface area contributed by atoms with Gasteiger partial charge in [-0.25, -0.2) is 0 Å². The van der Waals surface area contributed by atoms with Crippen molar-refractivity contribution >= 4 is 25.1 Å². The third-order valence-electron chi connectivity index (χ3n) is 0. The summed E-state index contributed by atoms with van der Waals surface area (Å²) in [7, 11) is 3.66. The van der Waals surface area contributed by atoms with Crippen LogP contribution in [0.1, 0.15) is 0 Å². The second-order valence-electron chi connectivity index (χ2n) is 0.224. The van der Waals surface area contributed by atoms with E-state index < -0.39 is 14.2 Å². The average molecular weight is 139 g/mol. The molecule has 0 aromatic carbocycles. The summed E-state index contributed by atoms with van der Waals surface area (Å²) < 4.78 is 17.9. The van der Waals surface area contributed by atoms with Crippen molar-refractivity contribution in [2.24, 2.45) is 0 Å². The summed E-state index contributed by atoms with van der Waals surface area (Å²) >= 11 is -3.10. The van der Waals surface area contributed by atoms with Crippen molar-refractivity contribution in [1.82, 2.24) is 0 Å². The van der Waals surface area contributed by atoms with E-state index in [4.69, 9.17) is 8.19 Å². The third kappa shape index (κ3) is 13.8. The molecule has 0 aromatic rings. The zero-order valence-electron chi connectivity index (χ0n) is 1.67. The SMILES string of the molecule is [O-][As]([O-])[S-]. The second kappa shape index (κ2) is 2.09. The number of hydrogen-bond donors (Lipinski definition) is 0. The summed E-state index contributed by atoms with van der Waals surface area (Å²) in [5, 5.41) is 0. The molecule has 4 heteroatoms. The molecule has 0 saturated heterocycles. The van der Waals surface area contributed by atoms with Crippen molar-refractivity contribution in [1.29, 1.82) is 0 Å². The van der Waals surface area contributed by atoms with E-state index in [1.54, 1.807) is 0 Å². The van der Waals surface area contributed by atoms with Crippen LogP contribution in [0, 0.1) is 0 Å². The predicted molar refractivity (Wildman–Crippen MR) is 13.1 cm³/mol. The van der Waals surface area contributed by atoms with E-state index in [2.05, 4.69) is 10.9 Å². The molecule has 0 spiro atoms. The summed E-state index contributed by atoms with van der Waals surface area (Å²) in [5.74, 6) is 0. The van der Waals surface area contributed by atoms with Gasteiger partial charge in [0.2, 0.25) is 0 Å². The molecule has 0 radical (unpaired) electrons. The summed E-state index contributed by atoms with van der Waals surface area (Å²) in [6.07, 6.45) is 0. The molecule has 4 heavy (non-hydrogen) atoms. The molecular formula is AsO2S-3. The van der Waals surface area contributed by atoms with E-state index in [1.807, 2.05) is 0 Å². The molecule has 0 aliphatic rings. The predicted octanol–water partition coefficient (Wildman–Crippen LogP) is -2.76. The van der Waals surface area contributed by atoms with Crippen LogP contribution in [-0.2, 0) is 10.9 Å². The van der Waals surface area contributed by atoms with Gasteiger partial charge in [-0.05, 0) is 0 Å². The molecule has 0 bridgehead atoms. The van der Waals surface area contributed by atoms with Gasteiger partial charge in [-0.1, -0.05) is 0 Å². The second-order valence-corrected chi connectivity index (χ2v) is 2.71. The quantitative estimate of drug-likeness (QED) is 0.270. The van der Waals surface area contributed by atoms with Crippen molar-refractivity contribution < 1.29 is 8.19 Å². The molecule has 0 heterocycles. The Morgan fingerprint density at radius 3 is 1.50 bits per heavy atom. The minimum absolute atomic E-state index is 3.10. The maximum atomic E-state index is 8.93. The van der Waals surface area contributed by atoms with Gasteiger partial charge in [0.15, 0.2) is 0 Å². The van der Waals surface area contributed by atoms with Crippen LogP contribution in [0.4, 0.5) is 0 Å². The normalized spacial score (nSPS) is 9.00. The van der Waals surface area contributed by atoms with Crippen LogP contribution in [0.3, 0.4) is 0 Å². The molecular weight excluding hydrogens is 139 g/mol. The van der Waals surface area contributed by atoms with Crippen LogP contribution < -0.4 is 8.19 Å². The van der Waals surface area contributed by atoms with Crippen molar-refractivity contribution in [2.45, 2.75) is 0 Å². The molecule has 26 valence electrons. The molecule has 0 N–H and O–H groups in total. The molecule has 0 aliphatic heterocycles. The van der Waals surface area contributed by atoms with Gasteiger partial charge in [-0.3, -0.25) is 0 Å². The molecule has 0 amide bonds. The van der Waals surface area contributed by atoms with Crippen molar-refractivity contribution in [3.63, 3.8) is 0 Å². The van der Waals surface area contributed by atoms with E-state index in [0.29, 0.717) is 0 Å². The first-order valence-corrected chi connectivity index (χ1v) is 4.74. The zero-order chi connectivity index (χ0) is 3.58. The van der Waals surface area contributed by atoms with Crippen LogP contribution >= 0.6 is 0 Å². The first-order valence-electron chi connectivity index (χ1n) is 0.548. The minimum atomic E-state index is -3.10. The van der Waals surface area contributed by atoms with Gasteiger partial charge in [0, 0.05) is 0 Å². The maximum absolute atomic E-state index is 8.93. The van der Waals surface area contributed by atoms with Gasteiger partial charge in [0.25, 0.3) is 0 Å². The Morgan fingerprint density at radius 2 is 1.50 bits per heavy atom. The fraction of sp³-hybridized carbons (Fsp3) is 0. The molecule has 0 aliphatic carbocycles. The fourth-order valence-corrected chi connectivity index (χ4v) is 0. The Morgan fingerprint density at radius 1 is 1.50 bits per heavy atom. The average Bonchev–Trinajstić information content (AvgIpc) is 0.811. The molecule has 0 unspecified atom stereocenters. The van der Waals surface area contributed by atoms with Crippen LogP contribution in [-0.4, -0.2) is 14.2 Å². The number of rotatable bonds is 0. The first kappa shape index (κ1) is 4.83.